The molecule has 0 aromatic carbocycles. The number of nitrogens with zero attached hydrogens (tertiary/aromatic N) is 1. The molecule has 106 valence electrons. The lowest BCUT2D eigenvalue weighted by Gasteiger charge is -2.28. The van der Waals surface area contributed by atoms with Crippen molar-refractivity contribution in [1.29, 1.82) is 0 Å². The Hall–Kier alpha value is -0.700. The summed E-state index contributed by atoms with van der Waals surface area (Å²) in [6.07, 6.45) is 0. The monoisotopic (exact) mass is 278 g/mol. The van der Waals surface area contributed by atoms with Crippen LogP contribution in [0.15, 0.2) is 0 Å². The highest BCUT2D eigenvalue weighted by atomic mass is 32.2. The molecule has 1 amide bonds. The zero-order chi connectivity index (χ0) is 13.8. The van der Waals surface area contributed by atoms with Crippen molar-refractivity contribution in [2.24, 2.45) is 0 Å². The summed E-state index contributed by atoms with van der Waals surface area (Å²) in [5, 5.41) is 5.75. The summed E-state index contributed by atoms with van der Waals surface area (Å²) in [5.41, 5.74) is 0. The number of nitrogens with one attached hydrogen (secondary N) is 3. The van der Waals surface area contributed by atoms with Crippen molar-refractivity contribution in [2.75, 3.05) is 26.2 Å². The molecular weight excluding hydrogens is 256 g/mol. The number of carbonyl (C=O) groups is 1. The van der Waals surface area contributed by atoms with Gasteiger partial charge in [0.1, 0.15) is 0 Å². The van der Waals surface area contributed by atoms with E-state index in [1.165, 1.54) is 11.2 Å². The Morgan fingerprint density at radius 1 is 1.22 bits per heavy atom. The SMILES string of the molecule is CC(C)NC(=O)C(C)NS(=O)(=O)N1CCNCC1. The van der Waals surface area contributed by atoms with Crippen LogP contribution in [0.3, 0.4) is 0 Å². The first kappa shape index (κ1) is 15.4. The summed E-state index contributed by atoms with van der Waals surface area (Å²) in [5.74, 6) is -0.316. The fourth-order valence-corrected chi connectivity index (χ4v) is 3.01. The molecule has 0 aliphatic carbocycles. The average molecular weight is 278 g/mol. The van der Waals surface area contributed by atoms with Crippen LogP contribution in [0.4, 0.5) is 0 Å². The lowest BCUT2D eigenvalue weighted by atomic mass is 10.3. The minimum absolute atomic E-state index is 0.0105. The molecule has 0 bridgehead atoms. The van der Waals surface area contributed by atoms with Crippen molar-refractivity contribution in [2.45, 2.75) is 32.9 Å². The van der Waals surface area contributed by atoms with Crippen LogP contribution >= 0.6 is 0 Å². The zero-order valence-corrected chi connectivity index (χ0v) is 11.9. The maximum atomic E-state index is 12.0. The number of piperazine rings is 1. The Morgan fingerprint density at radius 2 is 1.78 bits per heavy atom. The Morgan fingerprint density at radius 3 is 2.28 bits per heavy atom. The third-order valence-electron chi connectivity index (χ3n) is 2.57. The quantitative estimate of drug-likeness (QED) is 0.579. The Kier molecular flexibility index (Phi) is 5.51. The summed E-state index contributed by atoms with van der Waals surface area (Å²) in [7, 11) is -3.58. The van der Waals surface area contributed by atoms with Gasteiger partial charge in [-0.15, -0.1) is 0 Å². The smallest absolute Gasteiger partial charge is 0.280 e. The maximum Gasteiger partial charge on any atom is 0.280 e. The average Bonchev–Trinajstić information content (AvgIpc) is 2.28. The molecule has 0 aromatic rings. The van der Waals surface area contributed by atoms with Crippen LogP contribution in [0, 0.1) is 0 Å². The van der Waals surface area contributed by atoms with Gasteiger partial charge in [0.25, 0.3) is 10.2 Å². The minimum Gasteiger partial charge on any atom is -0.353 e. The van der Waals surface area contributed by atoms with E-state index in [1.807, 2.05) is 13.8 Å². The van der Waals surface area contributed by atoms with Gasteiger partial charge in [0.05, 0.1) is 6.04 Å². The van der Waals surface area contributed by atoms with Crippen LogP contribution in [0.25, 0.3) is 0 Å². The van der Waals surface area contributed by atoms with Crippen LogP contribution in [0.2, 0.25) is 0 Å². The van der Waals surface area contributed by atoms with Crippen molar-refractivity contribution >= 4 is 16.1 Å². The van der Waals surface area contributed by atoms with Gasteiger partial charge in [-0.25, -0.2) is 0 Å². The first-order chi connectivity index (χ1) is 8.33. The van der Waals surface area contributed by atoms with E-state index in [2.05, 4.69) is 15.4 Å². The molecule has 1 saturated heterocycles. The molecule has 0 radical (unpaired) electrons. The fourth-order valence-electron chi connectivity index (χ4n) is 1.65. The molecule has 1 unspecified atom stereocenters. The molecule has 1 rings (SSSR count). The molecule has 1 aliphatic rings. The summed E-state index contributed by atoms with van der Waals surface area (Å²) >= 11 is 0. The highest BCUT2D eigenvalue weighted by molar-refractivity contribution is 7.87. The molecule has 1 aliphatic heterocycles. The summed E-state index contributed by atoms with van der Waals surface area (Å²) in [6, 6.07) is -0.782. The Bertz CT molecular complexity index is 377. The largest absolute Gasteiger partial charge is 0.353 e. The van der Waals surface area contributed by atoms with Crippen LogP contribution < -0.4 is 15.4 Å². The van der Waals surface area contributed by atoms with Gasteiger partial charge in [0.15, 0.2) is 0 Å². The van der Waals surface area contributed by atoms with Crippen LogP contribution in [-0.2, 0) is 15.0 Å². The van der Waals surface area contributed by atoms with Crippen molar-refractivity contribution in [3.8, 4) is 0 Å². The van der Waals surface area contributed by atoms with Crippen molar-refractivity contribution in [1.82, 2.24) is 19.7 Å². The van der Waals surface area contributed by atoms with E-state index in [9.17, 15) is 13.2 Å². The second-order valence-electron chi connectivity index (χ2n) is 4.66. The zero-order valence-electron chi connectivity index (χ0n) is 11.1. The van der Waals surface area contributed by atoms with Crippen LogP contribution in [0.1, 0.15) is 20.8 Å². The molecule has 7 nitrogen and oxygen atoms in total. The third kappa shape index (κ3) is 4.52. The number of hydrogen-bond acceptors (Lipinski definition) is 4. The molecule has 18 heavy (non-hydrogen) atoms. The molecule has 8 heteroatoms. The minimum atomic E-state index is -3.58. The first-order valence-corrected chi connectivity index (χ1v) is 7.55. The van der Waals surface area contributed by atoms with Crippen molar-refractivity contribution < 1.29 is 13.2 Å². The van der Waals surface area contributed by atoms with Gasteiger partial charge in [-0.3, -0.25) is 4.79 Å². The molecule has 0 aromatic heterocycles. The van der Waals surface area contributed by atoms with Gasteiger partial charge in [-0.2, -0.15) is 17.4 Å². The van der Waals surface area contributed by atoms with E-state index < -0.39 is 16.3 Å². The van der Waals surface area contributed by atoms with Crippen LogP contribution in [-0.4, -0.2) is 56.9 Å². The summed E-state index contributed by atoms with van der Waals surface area (Å²) in [4.78, 5) is 11.6. The van der Waals surface area contributed by atoms with Gasteiger partial charge in [0.2, 0.25) is 5.91 Å². The lowest BCUT2D eigenvalue weighted by molar-refractivity contribution is -0.122. The highest BCUT2D eigenvalue weighted by Gasteiger charge is 2.27. The van der Waals surface area contributed by atoms with Gasteiger partial charge < -0.3 is 10.6 Å². The van der Waals surface area contributed by atoms with Gasteiger partial charge in [-0.1, -0.05) is 0 Å². The molecular formula is C10H22N4O3S. The number of carbonyl (C=O) groups excluding carboxylic acids is 1. The van der Waals surface area contributed by atoms with Gasteiger partial charge in [-0.05, 0) is 20.8 Å². The van der Waals surface area contributed by atoms with Crippen molar-refractivity contribution in [3.63, 3.8) is 0 Å². The molecule has 0 saturated carbocycles. The third-order valence-corrected chi connectivity index (χ3v) is 4.26. The van der Waals surface area contributed by atoms with E-state index in [0.29, 0.717) is 26.2 Å². The van der Waals surface area contributed by atoms with Gasteiger partial charge in [0, 0.05) is 32.2 Å². The van der Waals surface area contributed by atoms with Gasteiger partial charge >= 0.3 is 0 Å². The van der Waals surface area contributed by atoms with E-state index in [1.54, 1.807) is 0 Å². The number of rotatable bonds is 5. The molecule has 1 fully saturated rings. The second-order valence-corrected chi connectivity index (χ2v) is 6.36. The Balaban J connectivity index is 2.56. The standard InChI is InChI=1S/C10H22N4O3S/c1-8(2)12-10(15)9(3)13-18(16,17)14-6-4-11-5-7-14/h8-9,11,13H,4-7H2,1-3H3,(H,12,15). The topological polar surface area (TPSA) is 90.5 Å². The lowest BCUT2D eigenvalue weighted by Crippen LogP contribution is -2.55. The number of amides is 1. The predicted octanol–water partition coefficient (Wildman–Crippen LogP) is -1.36. The van der Waals surface area contributed by atoms with E-state index in [-0.39, 0.29) is 11.9 Å². The predicted molar refractivity (Wildman–Crippen MR) is 69.2 cm³/mol. The fraction of sp³-hybridized carbons (Fsp3) is 0.900. The maximum absolute atomic E-state index is 12.0. The highest BCUT2D eigenvalue weighted by Crippen LogP contribution is 2.01. The summed E-state index contributed by atoms with van der Waals surface area (Å²) < 4.78 is 27.7. The summed E-state index contributed by atoms with van der Waals surface area (Å²) in [6.45, 7) is 7.31. The first-order valence-electron chi connectivity index (χ1n) is 6.11. The van der Waals surface area contributed by atoms with E-state index in [4.69, 9.17) is 0 Å². The molecule has 3 N–H and O–H groups in total. The van der Waals surface area contributed by atoms with Crippen LogP contribution in [0.5, 0.6) is 0 Å². The second kappa shape index (κ2) is 6.46. The van der Waals surface area contributed by atoms with Crippen molar-refractivity contribution in [3.05, 3.63) is 0 Å². The molecule has 1 heterocycles. The molecule has 1 atom stereocenters. The normalized spacial score (nSPS) is 19.8. The van der Waals surface area contributed by atoms with E-state index >= 15 is 0 Å². The molecule has 0 spiro atoms. The Labute approximate surface area is 108 Å². The number of hydrogen-bond donors (Lipinski definition) is 3. The van der Waals surface area contributed by atoms with E-state index in [0.717, 1.165) is 0 Å².